The molecule has 8 nitrogen and oxygen atoms in total. The molecule has 3 aromatic rings. The Morgan fingerprint density at radius 1 is 1.28 bits per heavy atom. The van der Waals surface area contributed by atoms with Gasteiger partial charge in [0.2, 0.25) is 10.0 Å². The standard InChI is InChI=1S/C20H20N6O2S/c1-25(19-15-6-9-22-18(15)23-13-24-19)17-11-26(12-20(17)7-8-20)29(27,28)16-5-3-2-4-14(16)10-21/h2-6,9,13,17H,7-8,11-12H2,1H3,(H,22,23,24). The zero-order chi connectivity index (χ0) is 20.2. The molecule has 1 aliphatic heterocycles. The van der Waals surface area contributed by atoms with Crippen molar-refractivity contribution in [3.05, 3.63) is 48.4 Å². The van der Waals surface area contributed by atoms with Gasteiger partial charge in [-0.1, -0.05) is 12.1 Å². The van der Waals surface area contributed by atoms with Crippen molar-refractivity contribution >= 4 is 26.9 Å². The van der Waals surface area contributed by atoms with Crippen molar-refractivity contribution < 1.29 is 8.42 Å². The summed E-state index contributed by atoms with van der Waals surface area (Å²) in [5.74, 6) is 0.796. The van der Waals surface area contributed by atoms with Crippen molar-refractivity contribution in [3.63, 3.8) is 0 Å². The van der Waals surface area contributed by atoms with Gasteiger partial charge >= 0.3 is 0 Å². The Morgan fingerprint density at radius 2 is 2.07 bits per heavy atom. The molecule has 0 amide bonds. The predicted molar refractivity (Wildman–Crippen MR) is 108 cm³/mol. The second-order valence-electron chi connectivity index (χ2n) is 7.83. The van der Waals surface area contributed by atoms with Gasteiger partial charge in [0.1, 0.15) is 23.9 Å². The Balaban J connectivity index is 1.50. The van der Waals surface area contributed by atoms with E-state index in [0.717, 1.165) is 29.7 Å². The Bertz CT molecular complexity index is 1240. The Kier molecular flexibility index (Phi) is 3.91. The maximum absolute atomic E-state index is 13.3. The predicted octanol–water partition coefficient (Wildman–Crippen LogP) is 2.12. The summed E-state index contributed by atoms with van der Waals surface area (Å²) in [6.45, 7) is 0.833. The molecule has 2 fully saturated rings. The van der Waals surface area contributed by atoms with Gasteiger partial charge in [0.15, 0.2) is 0 Å². The number of sulfonamides is 1. The molecule has 1 aromatic carbocycles. The maximum atomic E-state index is 13.3. The molecule has 1 unspecified atom stereocenters. The van der Waals surface area contributed by atoms with Crippen LogP contribution in [0.25, 0.3) is 11.0 Å². The summed E-state index contributed by atoms with van der Waals surface area (Å²) >= 11 is 0. The maximum Gasteiger partial charge on any atom is 0.244 e. The van der Waals surface area contributed by atoms with Crippen LogP contribution in [0.2, 0.25) is 0 Å². The average Bonchev–Trinajstić information content (AvgIpc) is 3.16. The molecule has 3 heterocycles. The van der Waals surface area contributed by atoms with Crippen LogP contribution in [0.5, 0.6) is 0 Å². The lowest BCUT2D eigenvalue weighted by atomic mass is 9.99. The molecular formula is C20H20N6O2S. The molecule has 1 spiro atoms. The first kappa shape index (κ1) is 18.1. The monoisotopic (exact) mass is 408 g/mol. The zero-order valence-corrected chi connectivity index (χ0v) is 16.7. The van der Waals surface area contributed by atoms with Gasteiger partial charge in [-0.3, -0.25) is 0 Å². The van der Waals surface area contributed by atoms with E-state index in [-0.39, 0.29) is 21.9 Å². The molecule has 2 aliphatic rings. The van der Waals surface area contributed by atoms with Crippen LogP contribution in [-0.4, -0.2) is 53.9 Å². The number of hydrogen-bond acceptors (Lipinski definition) is 6. The molecule has 148 valence electrons. The number of aromatic amines is 1. The van der Waals surface area contributed by atoms with Crippen molar-refractivity contribution in [2.75, 3.05) is 25.0 Å². The SMILES string of the molecule is CN(c1ncnc2[nH]ccc12)C1CN(S(=O)(=O)c2ccccc2C#N)CC12CC2. The second-order valence-corrected chi connectivity index (χ2v) is 9.74. The van der Waals surface area contributed by atoms with Gasteiger partial charge < -0.3 is 9.88 Å². The van der Waals surface area contributed by atoms with E-state index >= 15 is 0 Å². The van der Waals surface area contributed by atoms with E-state index in [1.165, 1.54) is 16.7 Å². The van der Waals surface area contributed by atoms with Gasteiger partial charge in [-0.2, -0.15) is 9.57 Å². The van der Waals surface area contributed by atoms with Gasteiger partial charge in [0.25, 0.3) is 0 Å². The first-order valence-electron chi connectivity index (χ1n) is 9.46. The molecule has 5 rings (SSSR count). The molecule has 0 radical (unpaired) electrons. The minimum Gasteiger partial charge on any atom is -0.354 e. The highest BCUT2D eigenvalue weighted by molar-refractivity contribution is 7.89. The first-order chi connectivity index (χ1) is 14.0. The van der Waals surface area contributed by atoms with Crippen LogP contribution < -0.4 is 4.90 Å². The molecule has 29 heavy (non-hydrogen) atoms. The number of likely N-dealkylation sites (N-methyl/N-ethyl adjacent to an activating group) is 1. The van der Waals surface area contributed by atoms with E-state index in [0.29, 0.717) is 13.1 Å². The summed E-state index contributed by atoms with van der Waals surface area (Å²) in [4.78, 5) is 14.0. The molecule has 1 N–H and O–H groups in total. The van der Waals surface area contributed by atoms with Crippen LogP contribution in [-0.2, 0) is 10.0 Å². The normalized spacial score (nSPS) is 20.8. The van der Waals surface area contributed by atoms with E-state index in [2.05, 4.69) is 19.9 Å². The third-order valence-electron chi connectivity index (χ3n) is 6.23. The number of anilines is 1. The summed E-state index contributed by atoms with van der Waals surface area (Å²) in [7, 11) is -1.78. The smallest absolute Gasteiger partial charge is 0.244 e. The number of fused-ring (bicyclic) bond motifs is 1. The summed E-state index contributed by atoms with van der Waals surface area (Å²) < 4.78 is 28.2. The first-order valence-corrected chi connectivity index (χ1v) is 10.9. The second kappa shape index (κ2) is 6.27. The minimum atomic E-state index is -3.75. The van der Waals surface area contributed by atoms with Crippen LogP contribution in [0.15, 0.2) is 47.8 Å². The van der Waals surface area contributed by atoms with Gasteiger partial charge in [-0.05, 0) is 31.0 Å². The van der Waals surface area contributed by atoms with Gasteiger partial charge in [0.05, 0.1) is 21.9 Å². The Morgan fingerprint density at radius 3 is 2.83 bits per heavy atom. The summed E-state index contributed by atoms with van der Waals surface area (Å²) in [6.07, 6.45) is 5.31. The summed E-state index contributed by atoms with van der Waals surface area (Å²) in [5, 5.41) is 10.3. The fourth-order valence-corrected chi connectivity index (χ4v) is 6.17. The van der Waals surface area contributed by atoms with Gasteiger partial charge in [-0.15, -0.1) is 0 Å². The van der Waals surface area contributed by atoms with Crippen molar-refractivity contribution in [2.45, 2.75) is 23.8 Å². The highest BCUT2D eigenvalue weighted by Gasteiger charge is 2.59. The van der Waals surface area contributed by atoms with Gasteiger partial charge in [0, 0.05) is 31.7 Å². The van der Waals surface area contributed by atoms with E-state index in [4.69, 9.17) is 0 Å². The number of H-pyrrole nitrogens is 1. The van der Waals surface area contributed by atoms with Crippen molar-refractivity contribution in [3.8, 4) is 6.07 Å². The van der Waals surface area contributed by atoms with E-state index in [9.17, 15) is 13.7 Å². The van der Waals surface area contributed by atoms with Crippen LogP contribution >= 0.6 is 0 Å². The number of nitrogens with zero attached hydrogens (tertiary/aromatic N) is 5. The minimum absolute atomic E-state index is 0.0134. The lowest BCUT2D eigenvalue weighted by molar-refractivity contribution is 0.446. The van der Waals surface area contributed by atoms with Crippen molar-refractivity contribution in [2.24, 2.45) is 5.41 Å². The van der Waals surface area contributed by atoms with Crippen molar-refractivity contribution in [1.82, 2.24) is 19.3 Å². The molecule has 1 saturated heterocycles. The molecule has 9 heteroatoms. The fourth-order valence-electron chi connectivity index (χ4n) is 4.49. The molecule has 1 atom stereocenters. The molecular weight excluding hydrogens is 388 g/mol. The number of aromatic nitrogens is 3. The van der Waals surface area contributed by atoms with Gasteiger partial charge in [-0.25, -0.2) is 18.4 Å². The molecule has 2 aromatic heterocycles. The van der Waals surface area contributed by atoms with E-state index in [1.54, 1.807) is 18.2 Å². The van der Waals surface area contributed by atoms with Crippen LogP contribution in [0.1, 0.15) is 18.4 Å². The molecule has 1 saturated carbocycles. The third-order valence-corrected chi connectivity index (χ3v) is 8.10. The summed E-state index contributed by atoms with van der Waals surface area (Å²) in [5.41, 5.74) is 0.868. The highest BCUT2D eigenvalue weighted by Crippen LogP contribution is 2.55. The number of benzene rings is 1. The Hall–Kier alpha value is -2.96. The van der Waals surface area contributed by atoms with Crippen LogP contribution in [0.4, 0.5) is 5.82 Å². The number of nitriles is 1. The van der Waals surface area contributed by atoms with Crippen LogP contribution in [0.3, 0.4) is 0 Å². The number of nitrogens with one attached hydrogen (secondary N) is 1. The number of rotatable bonds is 4. The fraction of sp³-hybridized carbons (Fsp3) is 0.350. The number of hydrogen-bond donors (Lipinski definition) is 1. The van der Waals surface area contributed by atoms with E-state index in [1.807, 2.05) is 25.4 Å². The quantitative estimate of drug-likeness (QED) is 0.709. The zero-order valence-electron chi connectivity index (χ0n) is 15.9. The molecule has 0 bridgehead atoms. The Labute approximate surface area is 168 Å². The highest BCUT2D eigenvalue weighted by atomic mass is 32.2. The third kappa shape index (κ3) is 2.71. The largest absolute Gasteiger partial charge is 0.354 e. The average molecular weight is 408 g/mol. The topological polar surface area (TPSA) is 106 Å². The molecule has 1 aliphatic carbocycles. The lowest BCUT2D eigenvalue weighted by Crippen LogP contribution is -2.40. The van der Waals surface area contributed by atoms with E-state index < -0.39 is 10.0 Å². The van der Waals surface area contributed by atoms with Crippen LogP contribution in [0, 0.1) is 16.7 Å². The van der Waals surface area contributed by atoms with Crippen molar-refractivity contribution in [1.29, 1.82) is 5.26 Å². The summed E-state index contributed by atoms with van der Waals surface area (Å²) in [6, 6.07) is 10.3. The lowest BCUT2D eigenvalue weighted by Gasteiger charge is -2.30.